The zero-order valence-electron chi connectivity index (χ0n) is 16.1. The molecular weight excluding hydrogens is 364 g/mol. The van der Waals surface area contributed by atoms with Crippen LogP contribution in [0, 0.1) is 0 Å². The first-order valence-corrected chi connectivity index (χ1v) is 9.23. The van der Waals surface area contributed by atoms with Gasteiger partial charge >= 0.3 is 0 Å². The van der Waals surface area contributed by atoms with Crippen LogP contribution in [0.4, 0.5) is 8.78 Å². The third kappa shape index (κ3) is 4.49. The lowest BCUT2D eigenvalue weighted by molar-refractivity contribution is -0.0433. The summed E-state index contributed by atoms with van der Waals surface area (Å²) in [4.78, 5) is 6.01. The lowest BCUT2D eigenvalue weighted by atomic mass is 10.1. The molecule has 8 heteroatoms. The zero-order valence-corrected chi connectivity index (χ0v) is 16.1. The van der Waals surface area contributed by atoms with Crippen molar-refractivity contribution in [3.63, 3.8) is 0 Å². The predicted molar refractivity (Wildman–Crippen MR) is 107 cm³/mol. The van der Waals surface area contributed by atoms with Crippen molar-refractivity contribution in [1.82, 2.24) is 15.1 Å². The standard InChI is InChI=1S/C20H25F2N5O/c1-4-24-18(27-9-7-20(21,22)8-10-27)12-16(23)19-15-11-14(28-13(2)3)5-6-17(15)25-26-19/h4-6,11-13H,1,7-10,23H2,2-3H3,(H,25,26)/b16-12-,24-18?. The number of nitrogens with two attached hydrogens (primary N) is 1. The number of halogens is 2. The number of aliphatic imine (C=N–C) groups is 1. The number of nitrogens with one attached hydrogen (secondary N) is 1. The summed E-state index contributed by atoms with van der Waals surface area (Å²) >= 11 is 0. The quantitative estimate of drug-likeness (QED) is 0.600. The number of ether oxygens (including phenoxy) is 1. The van der Waals surface area contributed by atoms with Crippen LogP contribution in [0.15, 0.2) is 42.0 Å². The summed E-state index contributed by atoms with van der Waals surface area (Å²) in [5, 5.41) is 8.06. The van der Waals surface area contributed by atoms with Gasteiger partial charge in [-0.2, -0.15) is 5.10 Å². The van der Waals surface area contributed by atoms with E-state index in [0.29, 0.717) is 17.2 Å². The average molecular weight is 389 g/mol. The summed E-state index contributed by atoms with van der Waals surface area (Å²) in [7, 11) is 0. The summed E-state index contributed by atoms with van der Waals surface area (Å²) in [5.41, 5.74) is 8.06. The second kappa shape index (κ2) is 8.00. The molecule has 1 saturated heterocycles. The second-order valence-electron chi connectivity index (χ2n) is 7.06. The molecule has 1 aliphatic rings. The molecule has 0 saturated carbocycles. The number of hydrogen-bond acceptors (Lipinski definition) is 4. The summed E-state index contributed by atoms with van der Waals surface area (Å²) in [6.45, 7) is 7.93. The van der Waals surface area contributed by atoms with Crippen molar-refractivity contribution >= 4 is 22.4 Å². The number of nitrogens with zero attached hydrogens (tertiary/aromatic N) is 3. The van der Waals surface area contributed by atoms with Crippen LogP contribution in [-0.4, -0.2) is 46.0 Å². The fraction of sp³-hybridized carbons (Fsp3) is 0.400. The highest BCUT2D eigenvalue weighted by Gasteiger charge is 2.34. The predicted octanol–water partition coefficient (Wildman–Crippen LogP) is 3.92. The lowest BCUT2D eigenvalue weighted by Crippen LogP contribution is -2.42. The third-order valence-corrected chi connectivity index (χ3v) is 4.51. The Morgan fingerprint density at radius 3 is 2.75 bits per heavy atom. The zero-order chi connectivity index (χ0) is 20.3. The number of likely N-dealkylation sites (tertiary alicyclic amines) is 1. The largest absolute Gasteiger partial charge is 0.491 e. The molecule has 28 heavy (non-hydrogen) atoms. The first kappa shape index (κ1) is 19.9. The number of piperidine rings is 1. The molecule has 0 bridgehead atoms. The smallest absolute Gasteiger partial charge is 0.251 e. The van der Waals surface area contributed by atoms with Crippen LogP contribution >= 0.6 is 0 Å². The fourth-order valence-electron chi connectivity index (χ4n) is 3.13. The Morgan fingerprint density at radius 1 is 1.39 bits per heavy atom. The van der Waals surface area contributed by atoms with Gasteiger partial charge in [0, 0.05) is 43.6 Å². The first-order valence-electron chi connectivity index (χ1n) is 9.23. The highest BCUT2D eigenvalue weighted by Crippen LogP contribution is 2.29. The molecular formula is C20H25F2N5O. The molecule has 1 aliphatic heterocycles. The van der Waals surface area contributed by atoms with E-state index < -0.39 is 5.92 Å². The minimum atomic E-state index is -2.63. The number of benzene rings is 1. The van der Waals surface area contributed by atoms with Crippen molar-refractivity contribution in [3.05, 3.63) is 42.7 Å². The minimum Gasteiger partial charge on any atom is -0.491 e. The number of rotatable bonds is 5. The Kier molecular flexibility index (Phi) is 5.67. The summed E-state index contributed by atoms with van der Waals surface area (Å²) < 4.78 is 32.7. The number of hydrogen-bond donors (Lipinski definition) is 2. The fourth-order valence-corrected chi connectivity index (χ4v) is 3.13. The first-order chi connectivity index (χ1) is 13.3. The molecule has 0 unspecified atom stereocenters. The van der Waals surface area contributed by atoms with Crippen LogP contribution in [-0.2, 0) is 0 Å². The molecule has 0 radical (unpaired) electrons. The van der Waals surface area contributed by atoms with Crippen LogP contribution in [0.3, 0.4) is 0 Å². The van der Waals surface area contributed by atoms with Crippen molar-refractivity contribution in [2.75, 3.05) is 13.1 Å². The van der Waals surface area contributed by atoms with Gasteiger partial charge < -0.3 is 15.4 Å². The van der Waals surface area contributed by atoms with Crippen LogP contribution < -0.4 is 10.5 Å². The molecule has 0 atom stereocenters. The van der Waals surface area contributed by atoms with E-state index in [9.17, 15) is 8.78 Å². The van der Waals surface area contributed by atoms with Gasteiger partial charge in [0.05, 0.1) is 17.3 Å². The van der Waals surface area contributed by atoms with Crippen LogP contribution in [0.2, 0.25) is 0 Å². The number of H-pyrrole nitrogens is 1. The van der Waals surface area contributed by atoms with E-state index in [1.165, 1.54) is 6.20 Å². The number of aromatic amines is 1. The van der Waals surface area contributed by atoms with E-state index in [2.05, 4.69) is 21.8 Å². The van der Waals surface area contributed by atoms with Gasteiger partial charge in [0.25, 0.3) is 5.92 Å². The SMILES string of the molecule is C=CN=C(/C=C(\N)c1n[nH]c2ccc(OC(C)C)cc12)N1CCC(F)(F)CC1. The van der Waals surface area contributed by atoms with Gasteiger partial charge in [0.15, 0.2) is 0 Å². The van der Waals surface area contributed by atoms with E-state index in [0.717, 1.165) is 16.7 Å². The molecule has 3 rings (SSSR count). The van der Waals surface area contributed by atoms with Crippen molar-refractivity contribution < 1.29 is 13.5 Å². The second-order valence-corrected chi connectivity index (χ2v) is 7.06. The van der Waals surface area contributed by atoms with Crippen LogP contribution in [0.5, 0.6) is 5.75 Å². The van der Waals surface area contributed by atoms with Crippen molar-refractivity contribution in [3.8, 4) is 5.75 Å². The van der Waals surface area contributed by atoms with Crippen molar-refractivity contribution in [2.24, 2.45) is 10.7 Å². The lowest BCUT2D eigenvalue weighted by Gasteiger charge is -2.33. The molecule has 150 valence electrons. The molecule has 3 N–H and O–H groups in total. The monoisotopic (exact) mass is 389 g/mol. The maximum atomic E-state index is 13.5. The number of amidine groups is 1. The topological polar surface area (TPSA) is 79.5 Å². The Morgan fingerprint density at radius 2 is 2.11 bits per heavy atom. The molecule has 6 nitrogen and oxygen atoms in total. The van der Waals surface area contributed by atoms with Crippen LogP contribution in [0.25, 0.3) is 16.6 Å². The molecule has 2 heterocycles. The van der Waals surface area contributed by atoms with Crippen molar-refractivity contribution in [1.29, 1.82) is 0 Å². The van der Waals surface area contributed by atoms with Gasteiger partial charge in [-0.25, -0.2) is 13.8 Å². The summed E-state index contributed by atoms with van der Waals surface area (Å²) in [5.74, 6) is -1.42. The Labute approximate surface area is 162 Å². The van der Waals surface area contributed by atoms with Crippen LogP contribution in [0.1, 0.15) is 32.4 Å². The number of aromatic nitrogens is 2. The van der Waals surface area contributed by atoms with E-state index in [-0.39, 0.29) is 32.0 Å². The molecule has 0 spiro atoms. The Hall–Kier alpha value is -2.90. The van der Waals surface area contributed by atoms with Gasteiger partial charge in [0.2, 0.25) is 0 Å². The van der Waals surface area contributed by atoms with E-state index in [1.807, 2.05) is 32.0 Å². The van der Waals surface area contributed by atoms with Gasteiger partial charge in [-0.3, -0.25) is 5.10 Å². The minimum absolute atomic E-state index is 0.0456. The maximum absolute atomic E-state index is 13.5. The van der Waals surface area contributed by atoms with Crippen molar-refractivity contribution in [2.45, 2.75) is 38.7 Å². The van der Waals surface area contributed by atoms with Gasteiger partial charge in [-0.05, 0) is 32.0 Å². The van der Waals surface area contributed by atoms with E-state index >= 15 is 0 Å². The Balaban J connectivity index is 1.90. The highest BCUT2D eigenvalue weighted by atomic mass is 19.3. The molecule has 1 aromatic heterocycles. The number of alkyl halides is 2. The normalized spacial score (nSPS) is 18.0. The molecule has 2 aromatic rings. The van der Waals surface area contributed by atoms with Gasteiger partial charge in [0.1, 0.15) is 17.3 Å². The molecule has 0 amide bonds. The molecule has 0 aliphatic carbocycles. The third-order valence-electron chi connectivity index (χ3n) is 4.51. The van der Waals surface area contributed by atoms with E-state index in [4.69, 9.17) is 10.5 Å². The summed E-state index contributed by atoms with van der Waals surface area (Å²) in [6.07, 6.45) is 2.65. The highest BCUT2D eigenvalue weighted by molar-refractivity contribution is 6.02. The maximum Gasteiger partial charge on any atom is 0.251 e. The van der Waals surface area contributed by atoms with Gasteiger partial charge in [-0.1, -0.05) is 6.58 Å². The molecule has 1 fully saturated rings. The Bertz CT molecular complexity index is 906. The van der Waals surface area contributed by atoms with Gasteiger partial charge in [-0.15, -0.1) is 0 Å². The molecule has 1 aromatic carbocycles. The number of fused-ring (bicyclic) bond motifs is 1. The summed E-state index contributed by atoms with van der Waals surface area (Å²) in [6, 6.07) is 5.62. The average Bonchev–Trinajstić information content (AvgIpc) is 3.04. The van der Waals surface area contributed by atoms with E-state index in [1.54, 1.807) is 11.0 Å².